The highest BCUT2D eigenvalue weighted by molar-refractivity contribution is 8.00. The van der Waals surface area contributed by atoms with Crippen molar-refractivity contribution in [2.75, 3.05) is 19.4 Å². The Morgan fingerprint density at radius 1 is 1.19 bits per heavy atom. The Labute approximate surface area is 162 Å². The van der Waals surface area contributed by atoms with Gasteiger partial charge in [0.05, 0.1) is 21.2 Å². The van der Waals surface area contributed by atoms with Crippen molar-refractivity contribution in [3.63, 3.8) is 0 Å². The van der Waals surface area contributed by atoms with Gasteiger partial charge in [0, 0.05) is 19.8 Å². The normalized spacial score (nSPS) is 13.0. The number of aromatic nitrogens is 2. The summed E-state index contributed by atoms with van der Waals surface area (Å²) < 4.78 is 25.6. The number of rotatable bonds is 6. The molecule has 0 saturated carbocycles. The molecule has 0 bridgehead atoms. The molecule has 142 valence electrons. The largest absolute Gasteiger partial charge is 0.333 e. The van der Waals surface area contributed by atoms with E-state index in [9.17, 15) is 13.2 Å². The van der Waals surface area contributed by atoms with Crippen LogP contribution >= 0.6 is 11.8 Å². The average molecular weight is 405 g/mol. The van der Waals surface area contributed by atoms with E-state index in [1.54, 1.807) is 19.1 Å². The lowest BCUT2D eigenvalue weighted by Gasteiger charge is -2.14. The van der Waals surface area contributed by atoms with Gasteiger partial charge in [0.1, 0.15) is 0 Å². The molecule has 0 aliphatic rings. The molecular formula is C18H20N4O3S2. The van der Waals surface area contributed by atoms with Crippen LogP contribution in [-0.2, 0) is 14.8 Å². The molecule has 3 aromatic rings. The molecule has 7 nitrogen and oxygen atoms in total. The maximum absolute atomic E-state index is 12.5. The van der Waals surface area contributed by atoms with Crippen molar-refractivity contribution in [3.8, 4) is 0 Å². The van der Waals surface area contributed by atoms with Gasteiger partial charge in [-0.2, -0.15) is 0 Å². The summed E-state index contributed by atoms with van der Waals surface area (Å²) in [7, 11) is -0.627. The lowest BCUT2D eigenvalue weighted by atomic mass is 10.3. The molecule has 0 spiro atoms. The molecule has 1 atom stereocenters. The van der Waals surface area contributed by atoms with Crippen molar-refractivity contribution in [1.29, 1.82) is 0 Å². The van der Waals surface area contributed by atoms with Crippen molar-refractivity contribution >= 4 is 44.4 Å². The fourth-order valence-corrected chi connectivity index (χ4v) is 4.16. The minimum atomic E-state index is -3.56. The number of para-hydroxylation sites is 2. The van der Waals surface area contributed by atoms with Gasteiger partial charge in [0.2, 0.25) is 15.9 Å². The first-order valence-corrected chi connectivity index (χ1v) is 10.5. The molecule has 0 radical (unpaired) electrons. The third kappa shape index (κ3) is 4.32. The molecule has 1 amide bonds. The predicted octanol–water partition coefficient (Wildman–Crippen LogP) is 2.93. The summed E-state index contributed by atoms with van der Waals surface area (Å²) in [6, 6.07) is 13.9. The van der Waals surface area contributed by atoms with E-state index in [1.807, 2.05) is 24.3 Å². The Kier molecular flexibility index (Phi) is 5.54. The van der Waals surface area contributed by atoms with Crippen LogP contribution < -0.4 is 5.32 Å². The lowest BCUT2D eigenvalue weighted by Crippen LogP contribution is -2.24. The standard InChI is InChI=1S/C18H20N4O3S2/c1-12(26-18-20-15-9-4-5-10-16(15)21-18)17(23)19-13-7-6-8-14(11-13)27(24,25)22(2)3/h4-12H,1-3H3,(H,19,23)(H,20,21)/t12-/m0/s1. The maximum atomic E-state index is 12.5. The van der Waals surface area contributed by atoms with E-state index in [0.717, 1.165) is 15.3 Å². The highest BCUT2D eigenvalue weighted by Crippen LogP contribution is 2.25. The van der Waals surface area contributed by atoms with Crippen LogP contribution in [0.4, 0.5) is 5.69 Å². The van der Waals surface area contributed by atoms with Gasteiger partial charge in [-0.1, -0.05) is 30.0 Å². The number of fused-ring (bicyclic) bond motifs is 1. The second-order valence-electron chi connectivity index (χ2n) is 6.12. The van der Waals surface area contributed by atoms with Crippen LogP contribution in [0.25, 0.3) is 11.0 Å². The molecule has 0 unspecified atom stereocenters. The van der Waals surface area contributed by atoms with Gasteiger partial charge in [-0.15, -0.1) is 0 Å². The van der Waals surface area contributed by atoms with Crippen molar-refractivity contribution in [2.24, 2.45) is 0 Å². The smallest absolute Gasteiger partial charge is 0.242 e. The highest BCUT2D eigenvalue weighted by atomic mass is 32.2. The summed E-state index contributed by atoms with van der Waals surface area (Å²) in [4.78, 5) is 20.2. The molecule has 9 heteroatoms. The van der Waals surface area contributed by atoms with E-state index in [1.165, 1.54) is 38.0 Å². The van der Waals surface area contributed by atoms with Crippen LogP contribution in [0.2, 0.25) is 0 Å². The number of nitrogens with one attached hydrogen (secondary N) is 2. The number of carbonyl (C=O) groups excluding carboxylic acids is 1. The van der Waals surface area contributed by atoms with Gasteiger partial charge < -0.3 is 10.3 Å². The molecule has 2 aromatic carbocycles. The van der Waals surface area contributed by atoms with Gasteiger partial charge in [0.15, 0.2) is 5.16 Å². The van der Waals surface area contributed by atoms with Gasteiger partial charge >= 0.3 is 0 Å². The Bertz CT molecular complexity index is 1040. The van der Waals surface area contributed by atoms with E-state index >= 15 is 0 Å². The summed E-state index contributed by atoms with van der Waals surface area (Å²) in [5.41, 5.74) is 2.18. The van der Waals surface area contributed by atoms with Gasteiger partial charge in [0.25, 0.3) is 0 Å². The number of imidazole rings is 1. The minimum absolute atomic E-state index is 0.128. The monoisotopic (exact) mass is 404 g/mol. The number of anilines is 1. The molecule has 0 fully saturated rings. The van der Waals surface area contributed by atoms with Crippen molar-refractivity contribution < 1.29 is 13.2 Å². The number of amides is 1. The first kappa shape index (κ1) is 19.4. The van der Waals surface area contributed by atoms with Gasteiger partial charge in [-0.25, -0.2) is 17.7 Å². The topological polar surface area (TPSA) is 95.2 Å². The van der Waals surface area contributed by atoms with E-state index in [-0.39, 0.29) is 10.8 Å². The van der Waals surface area contributed by atoms with Crippen LogP contribution in [0.3, 0.4) is 0 Å². The van der Waals surface area contributed by atoms with Crippen LogP contribution in [-0.4, -0.2) is 47.9 Å². The van der Waals surface area contributed by atoms with Crippen LogP contribution in [0, 0.1) is 0 Å². The van der Waals surface area contributed by atoms with E-state index < -0.39 is 15.3 Å². The van der Waals surface area contributed by atoms with E-state index in [0.29, 0.717) is 10.8 Å². The highest BCUT2D eigenvalue weighted by Gasteiger charge is 2.20. The number of sulfonamides is 1. The zero-order valence-electron chi connectivity index (χ0n) is 15.1. The average Bonchev–Trinajstić information content (AvgIpc) is 3.04. The number of H-pyrrole nitrogens is 1. The Morgan fingerprint density at radius 2 is 1.93 bits per heavy atom. The van der Waals surface area contributed by atoms with Crippen LogP contribution in [0.5, 0.6) is 0 Å². The SMILES string of the molecule is C[C@H](Sc1nc2ccccc2[nH]1)C(=O)Nc1cccc(S(=O)(=O)N(C)C)c1. The molecule has 2 N–H and O–H groups in total. The van der Waals surface area contributed by atoms with Crippen LogP contribution in [0.1, 0.15) is 6.92 Å². The summed E-state index contributed by atoms with van der Waals surface area (Å²) in [5, 5.41) is 3.00. The fourth-order valence-electron chi connectivity index (χ4n) is 2.40. The Balaban J connectivity index is 1.71. The maximum Gasteiger partial charge on any atom is 0.242 e. The van der Waals surface area contributed by atoms with Crippen molar-refractivity contribution in [1.82, 2.24) is 14.3 Å². The zero-order chi connectivity index (χ0) is 19.6. The number of hydrogen-bond donors (Lipinski definition) is 2. The van der Waals surface area contributed by atoms with E-state index in [2.05, 4.69) is 15.3 Å². The molecular weight excluding hydrogens is 384 g/mol. The van der Waals surface area contributed by atoms with Crippen LogP contribution in [0.15, 0.2) is 58.6 Å². The van der Waals surface area contributed by atoms with Crippen molar-refractivity contribution in [3.05, 3.63) is 48.5 Å². The third-order valence-corrected chi connectivity index (χ3v) is 6.70. The quantitative estimate of drug-likeness (QED) is 0.616. The van der Waals surface area contributed by atoms with E-state index in [4.69, 9.17) is 0 Å². The molecule has 0 saturated heterocycles. The van der Waals surface area contributed by atoms with Crippen molar-refractivity contribution in [2.45, 2.75) is 22.2 Å². The molecule has 3 rings (SSSR count). The second kappa shape index (κ2) is 7.71. The first-order chi connectivity index (χ1) is 12.8. The zero-order valence-corrected chi connectivity index (χ0v) is 16.8. The van der Waals surface area contributed by atoms with Gasteiger partial charge in [-0.3, -0.25) is 4.79 Å². The number of thioether (sulfide) groups is 1. The van der Waals surface area contributed by atoms with Gasteiger partial charge in [-0.05, 0) is 37.3 Å². The molecule has 27 heavy (non-hydrogen) atoms. The Morgan fingerprint density at radius 3 is 2.63 bits per heavy atom. The summed E-state index contributed by atoms with van der Waals surface area (Å²) in [5.74, 6) is -0.236. The first-order valence-electron chi connectivity index (χ1n) is 8.22. The number of nitrogens with zero attached hydrogens (tertiary/aromatic N) is 2. The third-order valence-electron chi connectivity index (χ3n) is 3.91. The summed E-state index contributed by atoms with van der Waals surface area (Å²) in [6.07, 6.45) is 0. The Hall–Kier alpha value is -2.36. The molecule has 0 aliphatic carbocycles. The second-order valence-corrected chi connectivity index (χ2v) is 9.61. The minimum Gasteiger partial charge on any atom is -0.333 e. The summed E-state index contributed by atoms with van der Waals surface area (Å²) >= 11 is 1.31. The lowest BCUT2D eigenvalue weighted by molar-refractivity contribution is -0.115. The number of benzene rings is 2. The number of hydrogen-bond acceptors (Lipinski definition) is 5. The summed E-state index contributed by atoms with van der Waals surface area (Å²) in [6.45, 7) is 1.77. The molecule has 1 aromatic heterocycles. The molecule has 1 heterocycles. The number of carbonyl (C=O) groups is 1. The predicted molar refractivity (Wildman–Crippen MR) is 107 cm³/mol. The fraction of sp³-hybridized carbons (Fsp3) is 0.222. The number of aromatic amines is 1. The molecule has 0 aliphatic heterocycles.